The van der Waals surface area contributed by atoms with Gasteiger partial charge < -0.3 is 35.4 Å². The third-order valence-corrected chi connectivity index (χ3v) is 5.78. The zero-order chi connectivity index (χ0) is 25.9. The lowest BCUT2D eigenvalue weighted by atomic mass is 9.96. The quantitative estimate of drug-likeness (QED) is 0.239. The fourth-order valence-corrected chi connectivity index (χ4v) is 3.85. The van der Waals surface area contributed by atoms with Gasteiger partial charge in [-0.25, -0.2) is 0 Å². The maximum absolute atomic E-state index is 13.2. The standard InChI is InChI=1S/C27H32N2O7/c1-35-27-23(25(33)24(32)21(17-30)36-27)29-26(34)20(16-19-13-6-3-7-14-19)28-22(31)15-9-8-12-18-10-4-2-5-11-18/h2-15,20-21,23-25,27,30,32-33H,16-17H2,1H3,(H,28,31)(H,29,34)/b12-8+,15-9+/t20?,21-,23-,24-,25-,27-/m1/s1. The zero-order valence-corrected chi connectivity index (χ0v) is 19.9. The van der Waals surface area contributed by atoms with E-state index in [1.807, 2.05) is 66.7 Å². The zero-order valence-electron chi connectivity index (χ0n) is 19.9. The van der Waals surface area contributed by atoms with Crippen molar-refractivity contribution in [3.63, 3.8) is 0 Å². The summed E-state index contributed by atoms with van der Waals surface area (Å²) in [5.41, 5.74) is 1.80. The first-order valence-corrected chi connectivity index (χ1v) is 11.6. The van der Waals surface area contributed by atoms with Crippen LogP contribution in [0.5, 0.6) is 0 Å². The summed E-state index contributed by atoms with van der Waals surface area (Å²) < 4.78 is 10.7. The summed E-state index contributed by atoms with van der Waals surface area (Å²) >= 11 is 0. The second-order valence-electron chi connectivity index (χ2n) is 8.36. The molecule has 2 amide bonds. The molecule has 0 bridgehead atoms. The van der Waals surface area contributed by atoms with Gasteiger partial charge in [-0.15, -0.1) is 0 Å². The fraction of sp³-hybridized carbons (Fsp3) is 0.333. The Morgan fingerprint density at radius 1 is 1.03 bits per heavy atom. The summed E-state index contributed by atoms with van der Waals surface area (Å²) in [5, 5.41) is 35.5. The number of aliphatic hydroxyl groups is 3. The molecule has 1 heterocycles. The van der Waals surface area contributed by atoms with Gasteiger partial charge >= 0.3 is 0 Å². The molecule has 1 aliphatic rings. The monoisotopic (exact) mass is 496 g/mol. The van der Waals surface area contributed by atoms with Crippen molar-refractivity contribution in [3.05, 3.63) is 90.0 Å². The number of ether oxygens (including phenoxy) is 2. The summed E-state index contributed by atoms with van der Waals surface area (Å²) in [6, 6.07) is 16.6. The molecule has 1 unspecified atom stereocenters. The van der Waals surface area contributed by atoms with Gasteiger partial charge in [0.1, 0.15) is 30.4 Å². The second-order valence-corrected chi connectivity index (χ2v) is 8.36. The second kappa shape index (κ2) is 13.7. The number of rotatable bonds is 10. The van der Waals surface area contributed by atoms with E-state index in [2.05, 4.69) is 10.6 Å². The van der Waals surface area contributed by atoms with Crippen molar-refractivity contribution in [1.82, 2.24) is 10.6 Å². The van der Waals surface area contributed by atoms with Crippen LogP contribution in [-0.2, 0) is 25.5 Å². The average molecular weight is 497 g/mol. The number of carbonyl (C=O) groups excluding carboxylic acids is 2. The predicted molar refractivity (Wildman–Crippen MR) is 133 cm³/mol. The molecular weight excluding hydrogens is 464 g/mol. The average Bonchev–Trinajstić information content (AvgIpc) is 2.90. The maximum atomic E-state index is 13.2. The van der Waals surface area contributed by atoms with Crippen molar-refractivity contribution in [2.45, 2.75) is 43.1 Å². The summed E-state index contributed by atoms with van der Waals surface area (Å²) in [5.74, 6) is -1.07. The van der Waals surface area contributed by atoms with E-state index in [0.717, 1.165) is 11.1 Å². The third kappa shape index (κ3) is 7.58. The van der Waals surface area contributed by atoms with E-state index in [-0.39, 0.29) is 6.42 Å². The van der Waals surface area contributed by atoms with Crippen molar-refractivity contribution < 1.29 is 34.4 Å². The molecule has 0 aromatic heterocycles. The van der Waals surface area contributed by atoms with Crippen LogP contribution in [0, 0.1) is 0 Å². The van der Waals surface area contributed by atoms with Gasteiger partial charge in [0.25, 0.3) is 0 Å². The van der Waals surface area contributed by atoms with Crippen molar-refractivity contribution in [2.75, 3.05) is 13.7 Å². The van der Waals surface area contributed by atoms with E-state index in [4.69, 9.17) is 9.47 Å². The number of aliphatic hydroxyl groups excluding tert-OH is 3. The van der Waals surface area contributed by atoms with Gasteiger partial charge in [-0.05, 0) is 11.1 Å². The van der Waals surface area contributed by atoms with Crippen molar-refractivity contribution in [2.24, 2.45) is 0 Å². The van der Waals surface area contributed by atoms with Crippen LogP contribution in [0.15, 0.2) is 78.9 Å². The summed E-state index contributed by atoms with van der Waals surface area (Å²) in [7, 11) is 1.32. The van der Waals surface area contributed by atoms with E-state index in [9.17, 15) is 24.9 Å². The lowest BCUT2D eigenvalue weighted by molar-refractivity contribution is -0.262. The fourth-order valence-electron chi connectivity index (χ4n) is 3.85. The molecule has 192 valence electrons. The number of carbonyl (C=O) groups is 2. The summed E-state index contributed by atoms with van der Waals surface area (Å²) in [6.07, 6.45) is 1.58. The number of amides is 2. The highest BCUT2D eigenvalue weighted by molar-refractivity contribution is 5.93. The first kappa shape index (κ1) is 27.3. The third-order valence-electron chi connectivity index (χ3n) is 5.78. The van der Waals surface area contributed by atoms with E-state index in [1.165, 1.54) is 13.2 Å². The van der Waals surface area contributed by atoms with Crippen molar-refractivity contribution in [1.29, 1.82) is 0 Å². The molecule has 6 atom stereocenters. The number of methoxy groups -OCH3 is 1. The molecule has 0 radical (unpaired) electrons. The Kier molecular flexibility index (Phi) is 10.3. The van der Waals surface area contributed by atoms with Gasteiger partial charge in [-0.1, -0.05) is 78.9 Å². The minimum atomic E-state index is -1.46. The van der Waals surface area contributed by atoms with Gasteiger partial charge in [-0.2, -0.15) is 0 Å². The van der Waals surface area contributed by atoms with Gasteiger partial charge in [0.05, 0.1) is 6.61 Å². The minimum absolute atomic E-state index is 0.190. The topological polar surface area (TPSA) is 137 Å². The van der Waals surface area contributed by atoms with E-state index in [1.54, 1.807) is 12.2 Å². The molecule has 0 saturated carbocycles. The highest BCUT2D eigenvalue weighted by Crippen LogP contribution is 2.22. The Morgan fingerprint density at radius 2 is 1.69 bits per heavy atom. The molecule has 9 nitrogen and oxygen atoms in total. The first-order valence-electron chi connectivity index (χ1n) is 11.6. The number of hydrogen-bond donors (Lipinski definition) is 5. The Hall–Kier alpha value is -3.34. The molecule has 5 N–H and O–H groups in total. The van der Waals surface area contributed by atoms with Gasteiger partial charge in [0.15, 0.2) is 6.29 Å². The van der Waals surface area contributed by atoms with Crippen LogP contribution < -0.4 is 10.6 Å². The van der Waals surface area contributed by atoms with Crippen molar-refractivity contribution in [3.8, 4) is 0 Å². The first-order chi connectivity index (χ1) is 17.4. The van der Waals surface area contributed by atoms with E-state index >= 15 is 0 Å². The lowest BCUT2D eigenvalue weighted by Crippen LogP contribution is -2.66. The van der Waals surface area contributed by atoms with Crippen LogP contribution in [-0.4, -0.2) is 77.5 Å². The van der Waals surface area contributed by atoms with Gasteiger partial charge in [0, 0.05) is 19.6 Å². The molecule has 36 heavy (non-hydrogen) atoms. The Bertz CT molecular complexity index is 1030. The predicted octanol–water partition coefficient (Wildman–Crippen LogP) is 0.554. The molecule has 2 aromatic carbocycles. The minimum Gasteiger partial charge on any atom is -0.394 e. The molecule has 1 saturated heterocycles. The van der Waals surface area contributed by atoms with Crippen LogP contribution >= 0.6 is 0 Å². The largest absolute Gasteiger partial charge is 0.394 e. The van der Waals surface area contributed by atoms with Crippen LogP contribution in [0.3, 0.4) is 0 Å². The number of nitrogens with one attached hydrogen (secondary N) is 2. The molecule has 1 aliphatic heterocycles. The molecule has 9 heteroatoms. The SMILES string of the molecule is CO[C@@H]1O[C@H](CO)[C@@H](O)[C@H](O)[C@H]1NC(=O)C(Cc1ccccc1)NC(=O)/C=C/C=C/c1ccccc1. The molecule has 0 spiro atoms. The van der Waals surface area contributed by atoms with E-state index in [0.29, 0.717) is 0 Å². The number of benzene rings is 2. The van der Waals surface area contributed by atoms with Crippen LogP contribution in [0.4, 0.5) is 0 Å². The highest BCUT2D eigenvalue weighted by atomic mass is 16.7. The van der Waals surface area contributed by atoms with Crippen molar-refractivity contribution >= 4 is 17.9 Å². The number of allylic oxidation sites excluding steroid dienone is 2. The van der Waals surface area contributed by atoms with Gasteiger partial charge in [-0.3, -0.25) is 9.59 Å². The smallest absolute Gasteiger partial charge is 0.244 e. The summed E-state index contributed by atoms with van der Waals surface area (Å²) in [6.45, 7) is -0.531. The maximum Gasteiger partial charge on any atom is 0.244 e. The Morgan fingerprint density at radius 3 is 2.33 bits per heavy atom. The molecule has 2 aromatic rings. The summed E-state index contributed by atoms with van der Waals surface area (Å²) in [4.78, 5) is 25.8. The molecule has 1 fully saturated rings. The molecule has 3 rings (SSSR count). The van der Waals surface area contributed by atoms with E-state index < -0.39 is 55.1 Å². The van der Waals surface area contributed by atoms with Crippen LogP contribution in [0.25, 0.3) is 6.08 Å². The molecular formula is C27H32N2O7. The normalized spacial score (nSPS) is 25.1. The Balaban J connectivity index is 1.70. The van der Waals surface area contributed by atoms with Crippen LogP contribution in [0.2, 0.25) is 0 Å². The number of hydrogen-bond acceptors (Lipinski definition) is 7. The lowest BCUT2D eigenvalue weighted by Gasteiger charge is -2.42. The molecule has 0 aliphatic carbocycles. The van der Waals surface area contributed by atoms with Crippen LogP contribution in [0.1, 0.15) is 11.1 Å². The Labute approximate surface area is 210 Å². The van der Waals surface area contributed by atoms with Gasteiger partial charge in [0.2, 0.25) is 11.8 Å². The highest BCUT2D eigenvalue weighted by Gasteiger charge is 2.45.